The Kier molecular flexibility index (Phi) is 7.82. The molecule has 0 aliphatic heterocycles. The van der Waals surface area contributed by atoms with Gasteiger partial charge in [0.1, 0.15) is 0 Å². The lowest BCUT2D eigenvalue weighted by atomic mass is 9.96. The molecule has 0 spiro atoms. The van der Waals surface area contributed by atoms with Crippen LogP contribution in [0.1, 0.15) is 59.3 Å². The summed E-state index contributed by atoms with van der Waals surface area (Å²) >= 11 is 0. The van der Waals surface area contributed by atoms with E-state index < -0.39 is 15.4 Å². The van der Waals surface area contributed by atoms with E-state index in [1.807, 2.05) is 20.8 Å². The minimum Gasteiger partial charge on any atom is -0.355 e. The fourth-order valence-corrected chi connectivity index (χ4v) is 4.71. The van der Waals surface area contributed by atoms with Gasteiger partial charge in [-0.2, -0.15) is 4.31 Å². The number of nitrogens with one attached hydrogen (secondary N) is 2. The van der Waals surface area contributed by atoms with Gasteiger partial charge in [0, 0.05) is 37.2 Å². The lowest BCUT2D eigenvalue weighted by Crippen LogP contribution is -2.38. The highest BCUT2D eigenvalue weighted by molar-refractivity contribution is 7.89. The van der Waals surface area contributed by atoms with Gasteiger partial charge in [-0.25, -0.2) is 8.42 Å². The molecule has 2 rings (SSSR count). The Morgan fingerprint density at radius 3 is 2.21 bits per heavy atom. The standard InChI is InChI=1S/C21H33N3O4S/c1-21(2,3)20(26)22-15-14-19(25)23-16-10-12-18(13-11-16)29(27,28)24(4)17-8-6-5-7-9-17/h10-13,17H,5-9,14-15H2,1-4H3,(H,22,26)(H,23,25). The van der Waals surface area contributed by atoms with Crippen molar-refractivity contribution in [1.29, 1.82) is 0 Å². The second kappa shape index (κ2) is 9.71. The third-order valence-electron chi connectivity index (χ3n) is 5.22. The fraction of sp³-hybridized carbons (Fsp3) is 0.619. The van der Waals surface area contributed by atoms with E-state index in [9.17, 15) is 18.0 Å². The monoisotopic (exact) mass is 423 g/mol. The average Bonchev–Trinajstić information content (AvgIpc) is 2.67. The topological polar surface area (TPSA) is 95.6 Å². The molecular formula is C21H33N3O4S. The molecule has 2 amide bonds. The van der Waals surface area contributed by atoms with Gasteiger partial charge >= 0.3 is 0 Å². The Morgan fingerprint density at radius 2 is 1.66 bits per heavy atom. The molecule has 0 saturated heterocycles. The van der Waals surface area contributed by atoms with Crippen LogP contribution in [0.4, 0.5) is 5.69 Å². The molecule has 0 atom stereocenters. The average molecular weight is 424 g/mol. The summed E-state index contributed by atoms with van der Waals surface area (Å²) in [4.78, 5) is 24.1. The van der Waals surface area contributed by atoms with E-state index >= 15 is 0 Å². The zero-order valence-corrected chi connectivity index (χ0v) is 18.6. The first-order chi connectivity index (χ1) is 13.5. The van der Waals surface area contributed by atoms with Crippen molar-refractivity contribution in [2.45, 2.75) is 70.2 Å². The molecule has 1 saturated carbocycles. The molecule has 1 aliphatic carbocycles. The van der Waals surface area contributed by atoms with Crippen molar-refractivity contribution in [2.24, 2.45) is 5.41 Å². The summed E-state index contributed by atoms with van der Waals surface area (Å²) in [6, 6.07) is 6.27. The summed E-state index contributed by atoms with van der Waals surface area (Å²) in [6.45, 7) is 5.68. The van der Waals surface area contributed by atoms with Gasteiger partial charge in [-0.15, -0.1) is 0 Å². The molecule has 0 unspecified atom stereocenters. The minimum absolute atomic E-state index is 0.0523. The molecular weight excluding hydrogens is 390 g/mol. The third-order valence-corrected chi connectivity index (χ3v) is 7.15. The number of carbonyl (C=O) groups is 2. The summed E-state index contributed by atoms with van der Waals surface area (Å²) in [6.07, 6.45) is 5.23. The van der Waals surface area contributed by atoms with Crippen LogP contribution in [0.2, 0.25) is 0 Å². The lowest BCUT2D eigenvalue weighted by molar-refractivity contribution is -0.128. The van der Waals surface area contributed by atoms with Gasteiger partial charge in [0.2, 0.25) is 21.8 Å². The summed E-state index contributed by atoms with van der Waals surface area (Å²) in [5.74, 6) is -0.351. The largest absolute Gasteiger partial charge is 0.355 e. The number of hydrogen-bond acceptors (Lipinski definition) is 4. The SMILES string of the molecule is CN(C1CCCCC1)S(=O)(=O)c1ccc(NC(=O)CCNC(=O)C(C)(C)C)cc1. The zero-order chi connectivity index (χ0) is 21.7. The smallest absolute Gasteiger partial charge is 0.243 e. The second-order valence-electron chi connectivity index (χ2n) is 8.64. The van der Waals surface area contributed by atoms with Crippen LogP contribution in [0.15, 0.2) is 29.2 Å². The molecule has 7 nitrogen and oxygen atoms in total. The lowest BCUT2D eigenvalue weighted by Gasteiger charge is -2.30. The molecule has 1 aromatic rings. The Morgan fingerprint density at radius 1 is 1.07 bits per heavy atom. The number of carbonyl (C=O) groups excluding carboxylic acids is 2. The van der Waals surface area contributed by atoms with Crippen LogP contribution < -0.4 is 10.6 Å². The summed E-state index contributed by atoms with van der Waals surface area (Å²) in [5, 5.41) is 5.45. The highest BCUT2D eigenvalue weighted by atomic mass is 32.2. The summed E-state index contributed by atoms with van der Waals surface area (Å²) in [5.41, 5.74) is 0.0270. The number of rotatable bonds is 7. The second-order valence-corrected chi connectivity index (χ2v) is 10.6. The maximum atomic E-state index is 12.8. The predicted molar refractivity (Wildman–Crippen MR) is 114 cm³/mol. The van der Waals surface area contributed by atoms with Crippen LogP contribution in [0.3, 0.4) is 0 Å². The number of nitrogens with zero attached hydrogens (tertiary/aromatic N) is 1. The molecule has 1 fully saturated rings. The fourth-order valence-electron chi connectivity index (χ4n) is 3.30. The van der Waals surface area contributed by atoms with Gasteiger partial charge in [0.15, 0.2) is 0 Å². The molecule has 8 heteroatoms. The molecule has 0 radical (unpaired) electrons. The van der Waals surface area contributed by atoms with Gasteiger partial charge in [0.25, 0.3) is 0 Å². The van der Waals surface area contributed by atoms with E-state index in [0.29, 0.717) is 5.69 Å². The van der Waals surface area contributed by atoms with Crippen molar-refractivity contribution in [3.8, 4) is 0 Å². The highest BCUT2D eigenvalue weighted by Crippen LogP contribution is 2.27. The van der Waals surface area contributed by atoms with Crippen LogP contribution in [0, 0.1) is 5.41 Å². The van der Waals surface area contributed by atoms with Crippen molar-refractivity contribution in [3.63, 3.8) is 0 Å². The molecule has 0 aromatic heterocycles. The molecule has 0 heterocycles. The zero-order valence-electron chi connectivity index (χ0n) is 17.8. The van der Waals surface area contributed by atoms with E-state index in [1.54, 1.807) is 19.2 Å². The molecule has 0 bridgehead atoms. The van der Waals surface area contributed by atoms with Crippen molar-refractivity contribution < 1.29 is 18.0 Å². The van der Waals surface area contributed by atoms with Crippen LogP contribution in [-0.4, -0.2) is 44.2 Å². The van der Waals surface area contributed by atoms with Crippen LogP contribution in [-0.2, 0) is 19.6 Å². The van der Waals surface area contributed by atoms with Gasteiger partial charge in [-0.05, 0) is 37.1 Å². The molecule has 162 valence electrons. The molecule has 29 heavy (non-hydrogen) atoms. The number of amides is 2. The van der Waals surface area contributed by atoms with Crippen LogP contribution >= 0.6 is 0 Å². The summed E-state index contributed by atoms with van der Waals surface area (Å²) < 4.78 is 27.2. The molecule has 2 N–H and O–H groups in total. The van der Waals surface area contributed by atoms with Gasteiger partial charge in [0.05, 0.1) is 4.90 Å². The number of hydrogen-bond donors (Lipinski definition) is 2. The quantitative estimate of drug-likeness (QED) is 0.704. The Bertz CT molecular complexity index is 807. The van der Waals surface area contributed by atoms with Gasteiger partial charge in [-0.1, -0.05) is 40.0 Å². The number of sulfonamides is 1. The van der Waals surface area contributed by atoms with Crippen molar-refractivity contribution in [3.05, 3.63) is 24.3 Å². The first-order valence-electron chi connectivity index (χ1n) is 10.2. The van der Waals surface area contributed by atoms with Crippen molar-refractivity contribution in [2.75, 3.05) is 18.9 Å². The van der Waals surface area contributed by atoms with Gasteiger partial charge < -0.3 is 10.6 Å². The number of anilines is 1. The van der Waals surface area contributed by atoms with E-state index in [2.05, 4.69) is 10.6 Å². The summed E-state index contributed by atoms with van der Waals surface area (Å²) in [7, 11) is -1.90. The minimum atomic E-state index is -3.55. The maximum absolute atomic E-state index is 12.8. The third kappa shape index (κ3) is 6.54. The van der Waals surface area contributed by atoms with Crippen molar-refractivity contribution in [1.82, 2.24) is 9.62 Å². The van der Waals surface area contributed by atoms with E-state index in [-0.39, 0.29) is 35.7 Å². The Labute approximate surface area is 174 Å². The number of benzene rings is 1. The first kappa shape index (κ1) is 23.3. The molecule has 1 aromatic carbocycles. The predicted octanol–water partition coefficient (Wildman–Crippen LogP) is 3.13. The normalized spacial score (nSPS) is 15.9. The van der Waals surface area contributed by atoms with Gasteiger partial charge in [-0.3, -0.25) is 9.59 Å². The van der Waals surface area contributed by atoms with E-state index in [4.69, 9.17) is 0 Å². The van der Waals surface area contributed by atoms with Crippen LogP contribution in [0.25, 0.3) is 0 Å². The Hall–Kier alpha value is -1.93. The first-order valence-corrected chi connectivity index (χ1v) is 11.6. The van der Waals surface area contributed by atoms with E-state index in [0.717, 1.165) is 25.7 Å². The highest BCUT2D eigenvalue weighted by Gasteiger charge is 2.29. The molecule has 1 aliphatic rings. The van der Waals surface area contributed by atoms with E-state index in [1.165, 1.54) is 22.9 Å². The van der Waals surface area contributed by atoms with Crippen LogP contribution in [0.5, 0.6) is 0 Å². The maximum Gasteiger partial charge on any atom is 0.243 e. The Balaban J connectivity index is 1.90. The van der Waals surface area contributed by atoms with Crippen molar-refractivity contribution >= 4 is 27.5 Å².